The van der Waals surface area contributed by atoms with Gasteiger partial charge in [0.25, 0.3) is 0 Å². The van der Waals surface area contributed by atoms with Crippen molar-refractivity contribution in [3.63, 3.8) is 0 Å². The maximum atomic E-state index is 5.73. The maximum Gasteiger partial charge on any atom is 0.130 e. The van der Waals surface area contributed by atoms with E-state index in [1.807, 2.05) is 0 Å². The van der Waals surface area contributed by atoms with Gasteiger partial charge in [-0.3, -0.25) is 5.43 Å². The summed E-state index contributed by atoms with van der Waals surface area (Å²) in [5, 5.41) is 0. The predicted octanol–water partition coefficient (Wildman–Crippen LogP) is -2.55. The molecule has 0 unspecified atom stereocenters. The van der Waals surface area contributed by atoms with Crippen LogP contribution in [-0.4, -0.2) is 18.0 Å². The van der Waals surface area contributed by atoms with Crippen LogP contribution in [0, 0.1) is 0 Å². The molecule has 0 radical (unpaired) electrons. The molecular formula is C6H18N6. The van der Waals surface area contributed by atoms with E-state index in [1.54, 1.807) is 0 Å². The van der Waals surface area contributed by atoms with Crippen LogP contribution in [0.2, 0.25) is 0 Å². The summed E-state index contributed by atoms with van der Waals surface area (Å²) in [7, 11) is 0. The number of hydrazine groups is 1. The Labute approximate surface area is 72.0 Å². The summed E-state index contributed by atoms with van der Waals surface area (Å²) in [6.45, 7) is 0.461. The van der Waals surface area contributed by atoms with Gasteiger partial charge in [0.15, 0.2) is 0 Å². The molecule has 6 nitrogen and oxygen atoms in total. The third kappa shape index (κ3) is 3.02. The second-order valence-corrected chi connectivity index (χ2v) is 3.61. The number of hydrogen-bond donors (Lipinski definition) is 6. The molecule has 0 amide bonds. The van der Waals surface area contributed by atoms with Gasteiger partial charge in [0.2, 0.25) is 0 Å². The molecule has 1 fully saturated rings. The van der Waals surface area contributed by atoms with Gasteiger partial charge in [-0.25, -0.2) is 5.43 Å². The Morgan fingerprint density at radius 2 is 1.67 bits per heavy atom. The fourth-order valence-electron chi connectivity index (χ4n) is 1.23. The summed E-state index contributed by atoms with van der Waals surface area (Å²) < 4.78 is 0. The fourth-order valence-corrected chi connectivity index (χ4v) is 1.23. The third-order valence-electron chi connectivity index (χ3n) is 1.97. The van der Waals surface area contributed by atoms with E-state index in [9.17, 15) is 0 Å². The van der Waals surface area contributed by atoms with Crippen LogP contribution in [0.15, 0.2) is 0 Å². The molecule has 0 bridgehead atoms. The standard InChI is InChI=1S/C6H18N6/c7-5(8)2-1-3-6(9,10)12-11-4-5/h11-12H,1-4,7-10H2. The van der Waals surface area contributed by atoms with Crippen molar-refractivity contribution < 1.29 is 0 Å². The normalized spacial score (nSPS) is 29.0. The van der Waals surface area contributed by atoms with Gasteiger partial charge in [0.1, 0.15) is 5.79 Å². The molecule has 0 aromatic rings. The van der Waals surface area contributed by atoms with E-state index >= 15 is 0 Å². The molecular weight excluding hydrogens is 156 g/mol. The summed E-state index contributed by atoms with van der Waals surface area (Å²) in [5.74, 6) is -0.851. The van der Waals surface area contributed by atoms with Crippen LogP contribution >= 0.6 is 0 Å². The molecule has 1 saturated heterocycles. The fraction of sp³-hybridized carbons (Fsp3) is 1.00. The number of rotatable bonds is 0. The monoisotopic (exact) mass is 174 g/mol. The van der Waals surface area contributed by atoms with Crippen LogP contribution in [0.5, 0.6) is 0 Å². The first-order valence-electron chi connectivity index (χ1n) is 4.07. The minimum Gasteiger partial charge on any atom is -0.312 e. The van der Waals surface area contributed by atoms with E-state index in [2.05, 4.69) is 10.9 Å². The third-order valence-corrected chi connectivity index (χ3v) is 1.97. The van der Waals surface area contributed by atoms with Crippen molar-refractivity contribution in [1.82, 2.24) is 10.9 Å². The van der Waals surface area contributed by atoms with Gasteiger partial charge in [0.05, 0.1) is 5.66 Å². The molecule has 12 heavy (non-hydrogen) atoms. The zero-order valence-corrected chi connectivity index (χ0v) is 7.14. The molecule has 10 N–H and O–H groups in total. The molecule has 0 spiro atoms. The SMILES string of the molecule is NC1(N)CCCC(N)(N)NNC1. The van der Waals surface area contributed by atoms with Gasteiger partial charge in [-0.2, -0.15) is 0 Å². The molecule has 0 aromatic carbocycles. The first kappa shape index (κ1) is 9.85. The second kappa shape index (κ2) is 3.25. The smallest absolute Gasteiger partial charge is 0.130 e. The molecule has 6 heteroatoms. The van der Waals surface area contributed by atoms with Gasteiger partial charge in [-0.1, -0.05) is 0 Å². The second-order valence-electron chi connectivity index (χ2n) is 3.61. The summed E-state index contributed by atoms with van der Waals surface area (Å²) in [6.07, 6.45) is 2.20. The molecule has 1 aliphatic rings. The molecule has 1 aliphatic heterocycles. The average molecular weight is 174 g/mol. The lowest BCUT2D eigenvalue weighted by Gasteiger charge is -2.34. The van der Waals surface area contributed by atoms with E-state index in [0.29, 0.717) is 13.0 Å². The number of nitrogens with one attached hydrogen (secondary N) is 2. The van der Waals surface area contributed by atoms with E-state index in [4.69, 9.17) is 22.9 Å². The van der Waals surface area contributed by atoms with Crippen molar-refractivity contribution in [2.45, 2.75) is 30.7 Å². The summed E-state index contributed by atoms with van der Waals surface area (Å²) in [6, 6.07) is 0. The zero-order chi connectivity index (χ0) is 9.24. The summed E-state index contributed by atoms with van der Waals surface area (Å²) in [5.41, 5.74) is 27.7. The number of hydrogen-bond acceptors (Lipinski definition) is 6. The maximum absolute atomic E-state index is 5.73. The van der Waals surface area contributed by atoms with Crippen LogP contribution in [0.1, 0.15) is 19.3 Å². The zero-order valence-electron chi connectivity index (χ0n) is 7.14. The highest BCUT2D eigenvalue weighted by atomic mass is 15.5. The predicted molar refractivity (Wildman–Crippen MR) is 47.2 cm³/mol. The minimum atomic E-state index is -0.851. The Kier molecular flexibility index (Phi) is 2.67. The average Bonchev–Trinajstić information content (AvgIpc) is 1.82. The van der Waals surface area contributed by atoms with E-state index in [0.717, 1.165) is 12.8 Å². The highest BCUT2D eigenvalue weighted by molar-refractivity contribution is 4.84. The quantitative estimate of drug-likeness (QED) is 0.224. The first-order valence-corrected chi connectivity index (χ1v) is 4.07. The van der Waals surface area contributed by atoms with Gasteiger partial charge >= 0.3 is 0 Å². The van der Waals surface area contributed by atoms with Crippen molar-refractivity contribution in [1.29, 1.82) is 0 Å². The molecule has 0 aliphatic carbocycles. The van der Waals surface area contributed by atoms with Crippen LogP contribution in [0.25, 0.3) is 0 Å². The minimum absolute atomic E-state index is 0.461. The van der Waals surface area contributed by atoms with Gasteiger partial charge < -0.3 is 22.9 Å². The van der Waals surface area contributed by atoms with E-state index < -0.39 is 11.4 Å². The highest BCUT2D eigenvalue weighted by Gasteiger charge is 2.26. The Bertz CT molecular complexity index is 124. The van der Waals surface area contributed by atoms with Gasteiger partial charge in [-0.15, -0.1) is 0 Å². The van der Waals surface area contributed by atoms with Crippen molar-refractivity contribution in [2.75, 3.05) is 6.54 Å². The topological polar surface area (TPSA) is 128 Å². The Morgan fingerprint density at radius 3 is 2.33 bits per heavy atom. The Morgan fingerprint density at radius 1 is 1.00 bits per heavy atom. The first-order chi connectivity index (χ1) is 5.41. The van der Waals surface area contributed by atoms with Crippen LogP contribution in [-0.2, 0) is 0 Å². The number of nitrogens with two attached hydrogens (primary N) is 4. The Balaban J connectivity index is 2.45. The van der Waals surface area contributed by atoms with Crippen LogP contribution in [0.3, 0.4) is 0 Å². The van der Waals surface area contributed by atoms with Gasteiger partial charge in [-0.05, 0) is 19.3 Å². The molecule has 0 atom stereocenters. The van der Waals surface area contributed by atoms with E-state index in [1.165, 1.54) is 0 Å². The lowest BCUT2D eigenvalue weighted by Crippen LogP contribution is -2.70. The molecule has 0 saturated carbocycles. The summed E-state index contributed by atoms with van der Waals surface area (Å²) in [4.78, 5) is 0. The summed E-state index contributed by atoms with van der Waals surface area (Å²) >= 11 is 0. The van der Waals surface area contributed by atoms with Gasteiger partial charge in [0, 0.05) is 6.54 Å². The molecule has 72 valence electrons. The lowest BCUT2D eigenvalue weighted by atomic mass is 10.0. The van der Waals surface area contributed by atoms with Crippen LogP contribution < -0.4 is 33.8 Å². The largest absolute Gasteiger partial charge is 0.312 e. The Hall–Kier alpha value is -0.240. The van der Waals surface area contributed by atoms with Crippen molar-refractivity contribution in [3.05, 3.63) is 0 Å². The van der Waals surface area contributed by atoms with Crippen molar-refractivity contribution in [2.24, 2.45) is 22.9 Å². The lowest BCUT2D eigenvalue weighted by molar-refractivity contribution is 0.208. The molecule has 1 heterocycles. The molecule has 0 aromatic heterocycles. The molecule has 1 rings (SSSR count). The van der Waals surface area contributed by atoms with E-state index in [-0.39, 0.29) is 0 Å². The highest BCUT2D eigenvalue weighted by Crippen LogP contribution is 2.09. The van der Waals surface area contributed by atoms with Crippen molar-refractivity contribution >= 4 is 0 Å². The van der Waals surface area contributed by atoms with Crippen LogP contribution in [0.4, 0.5) is 0 Å². The van der Waals surface area contributed by atoms with Crippen molar-refractivity contribution in [3.8, 4) is 0 Å².